The van der Waals surface area contributed by atoms with Gasteiger partial charge in [-0.15, -0.1) is 0 Å². The maximum atomic E-state index is 12.9. The average molecular weight is 444 g/mol. The molecule has 8 nitrogen and oxygen atoms in total. The second kappa shape index (κ2) is 8.97. The minimum Gasteiger partial charge on any atom is -0.435 e. The van der Waals surface area contributed by atoms with Crippen molar-refractivity contribution in [1.82, 2.24) is 25.2 Å². The minimum absolute atomic E-state index is 0.0468. The van der Waals surface area contributed by atoms with E-state index in [1.165, 1.54) is 12.1 Å². The topological polar surface area (TPSA) is 86.4 Å². The van der Waals surface area contributed by atoms with E-state index in [1.807, 2.05) is 26.8 Å². The van der Waals surface area contributed by atoms with E-state index in [2.05, 4.69) is 29.9 Å². The molecule has 1 aliphatic rings. The molecular weight excluding hydrogens is 418 g/mol. The maximum absolute atomic E-state index is 12.9. The summed E-state index contributed by atoms with van der Waals surface area (Å²) in [5, 5.41) is 3.93. The average Bonchev–Trinajstić information content (AvgIpc) is 3.13. The molecule has 1 aliphatic heterocycles. The lowest BCUT2D eigenvalue weighted by Crippen LogP contribution is -2.57. The van der Waals surface area contributed by atoms with Gasteiger partial charge in [-0.2, -0.15) is 8.78 Å². The summed E-state index contributed by atoms with van der Waals surface area (Å²) in [6.07, 6.45) is 1.55. The highest BCUT2D eigenvalue weighted by Crippen LogP contribution is 2.26. The number of alkyl halides is 2. The van der Waals surface area contributed by atoms with Crippen molar-refractivity contribution in [1.29, 1.82) is 0 Å². The summed E-state index contributed by atoms with van der Waals surface area (Å²) in [4.78, 5) is 28.9. The van der Waals surface area contributed by atoms with Crippen molar-refractivity contribution >= 4 is 22.9 Å². The number of halogens is 2. The van der Waals surface area contributed by atoms with Crippen LogP contribution in [-0.2, 0) is 0 Å². The van der Waals surface area contributed by atoms with Crippen molar-refractivity contribution in [3.8, 4) is 5.75 Å². The molecule has 3 heterocycles. The van der Waals surface area contributed by atoms with E-state index < -0.39 is 6.61 Å². The van der Waals surface area contributed by atoms with Crippen LogP contribution in [0.25, 0.3) is 11.0 Å². The van der Waals surface area contributed by atoms with E-state index in [4.69, 9.17) is 0 Å². The van der Waals surface area contributed by atoms with Gasteiger partial charge in [0.15, 0.2) is 0 Å². The second-order valence-electron chi connectivity index (χ2n) is 8.02. The largest absolute Gasteiger partial charge is 0.435 e. The van der Waals surface area contributed by atoms with Crippen molar-refractivity contribution in [2.24, 2.45) is 0 Å². The molecule has 10 heteroatoms. The molecular formula is C22H26F2N6O2. The van der Waals surface area contributed by atoms with Gasteiger partial charge in [-0.25, -0.2) is 14.8 Å². The number of hydrogen-bond acceptors (Lipinski definition) is 5. The number of fused-ring (bicyclic) bond motifs is 1. The summed E-state index contributed by atoms with van der Waals surface area (Å²) in [7, 11) is 0. The molecule has 3 aromatic rings. The molecule has 1 fully saturated rings. The number of piperazine rings is 1. The predicted octanol–water partition coefficient (Wildman–Crippen LogP) is 3.85. The Labute approximate surface area is 184 Å². The molecule has 0 aliphatic carbocycles. The van der Waals surface area contributed by atoms with Crippen LogP contribution < -0.4 is 15.0 Å². The Balaban J connectivity index is 1.41. The van der Waals surface area contributed by atoms with Gasteiger partial charge in [0.2, 0.25) is 0 Å². The molecule has 0 unspecified atom stereocenters. The molecule has 170 valence electrons. The van der Waals surface area contributed by atoms with E-state index >= 15 is 0 Å². The summed E-state index contributed by atoms with van der Waals surface area (Å²) in [6, 6.07) is 7.79. The van der Waals surface area contributed by atoms with Crippen LogP contribution in [0.2, 0.25) is 0 Å². The third-order valence-electron chi connectivity index (χ3n) is 5.65. The molecule has 1 saturated heterocycles. The van der Waals surface area contributed by atoms with Gasteiger partial charge in [0.1, 0.15) is 23.5 Å². The number of carbonyl (C=O) groups is 1. The summed E-state index contributed by atoms with van der Waals surface area (Å²) in [5.41, 5.74) is 2.51. The highest BCUT2D eigenvalue weighted by Gasteiger charge is 2.30. The normalized spacial score (nSPS) is 17.6. The Bertz CT molecular complexity index is 1100. The molecule has 0 radical (unpaired) electrons. The van der Waals surface area contributed by atoms with Crippen LogP contribution in [0, 0.1) is 6.92 Å². The van der Waals surface area contributed by atoms with Gasteiger partial charge < -0.3 is 24.8 Å². The zero-order valence-electron chi connectivity index (χ0n) is 18.2. The molecule has 1 aromatic carbocycles. The van der Waals surface area contributed by atoms with E-state index in [0.717, 1.165) is 22.5 Å². The molecule has 2 amide bonds. The van der Waals surface area contributed by atoms with Crippen LogP contribution in [0.1, 0.15) is 31.1 Å². The Kier molecular flexibility index (Phi) is 6.11. The third kappa shape index (κ3) is 4.58. The third-order valence-corrected chi connectivity index (χ3v) is 5.65. The summed E-state index contributed by atoms with van der Waals surface area (Å²) in [6.45, 7) is 4.70. The van der Waals surface area contributed by atoms with Crippen molar-refractivity contribution in [3.05, 3.63) is 47.9 Å². The van der Waals surface area contributed by atoms with Gasteiger partial charge in [0.25, 0.3) is 0 Å². The quantitative estimate of drug-likeness (QED) is 0.624. The Morgan fingerprint density at radius 3 is 2.84 bits per heavy atom. The zero-order chi connectivity index (χ0) is 22.8. The number of rotatable bonds is 5. The molecule has 2 atom stereocenters. The number of H-pyrrole nitrogens is 1. The van der Waals surface area contributed by atoms with Gasteiger partial charge >= 0.3 is 12.6 Å². The number of amides is 2. The lowest BCUT2D eigenvalue weighted by molar-refractivity contribution is -0.0499. The monoisotopic (exact) mass is 444 g/mol. The second-order valence-corrected chi connectivity index (χ2v) is 8.02. The van der Waals surface area contributed by atoms with Crippen LogP contribution in [0.5, 0.6) is 5.75 Å². The number of ether oxygens (including phenoxy) is 1. The van der Waals surface area contributed by atoms with Crippen LogP contribution in [0.15, 0.2) is 36.7 Å². The van der Waals surface area contributed by atoms with Crippen molar-refractivity contribution in [2.45, 2.75) is 39.5 Å². The summed E-state index contributed by atoms with van der Waals surface area (Å²) in [5.74, 6) is 0.923. The number of aromatic nitrogens is 3. The number of nitrogens with one attached hydrogen (secondary N) is 2. The van der Waals surface area contributed by atoms with Crippen LogP contribution in [0.3, 0.4) is 0 Å². The number of aryl methyl sites for hydroxylation is 1. The summed E-state index contributed by atoms with van der Waals surface area (Å²) >= 11 is 0. The molecule has 2 aromatic heterocycles. The van der Waals surface area contributed by atoms with E-state index in [-0.39, 0.29) is 23.9 Å². The number of anilines is 1. The number of carbonyl (C=O) groups excluding carboxylic acids is 1. The molecule has 0 saturated carbocycles. The van der Waals surface area contributed by atoms with Crippen molar-refractivity contribution < 1.29 is 18.3 Å². The van der Waals surface area contributed by atoms with Crippen LogP contribution >= 0.6 is 0 Å². The van der Waals surface area contributed by atoms with E-state index in [0.29, 0.717) is 25.2 Å². The Morgan fingerprint density at radius 1 is 1.28 bits per heavy atom. The Hall–Kier alpha value is -3.43. The summed E-state index contributed by atoms with van der Waals surface area (Å²) < 4.78 is 29.4. The van der Waals surface area contributed by atoms with Gasteiger partial charge in [0.05, 0.1) is 11.4 Å². The van der Waals surface area contributed by atoms with Gasteiger partial charge in [0, 0.05) is 31.4 Å². The van der Waals surface area contributed by atoms with Crippen LogP contribution in [0.4, 0.5) is 19.4 Å². The first-order valence-electron chi connectivity index (χ1n) is 10.5. The number of hydrogen-bond donors (Lipinski definition) is 2. The number of urea groups is 1. The molecule has 0 bridgehead atoms. The first kappa shape index (κ1) is 21.8. The lowest BCUT2D eigenvalue weighted by Gasteiger charge is -2.40. The predicted molar refractivity (Wildman–Crippen MR) is 117 cm³/mol. The van der Waals surface area contributed by atoms with Crippen molar-refractivity contribution in [3.63, 3.8) is 0 Å². The van der Waals surface area contributed by atoms with Crippen LogP contribution in [-0.4, -0.2) is 58.2 Å². The number of benzene rings is 1. The SMILES string of the molecule is Cc1cc2c(N3CCN(C(=O)N[C@@H](C)c4cccc(OC(F)F)c4)[C@H](C)C3)ncnc2[nH]1. The number of aromatic amines is 1. The zero-order valence-corrected chi connectivity index (χ0v) is 18.2. The molecule has 2 N–H and O–H groups in total. The van der Waals surface area contributed by atoms with Gasteiger partial charge in [-0.05, 0) is 44.5 Å². The van der Waals surface area contributed by atoms with Crippen molar-refractivity contribution in [2.75, 3.05) is 24.5 Å². The first-order valence-corrected chi connectivity index (χ1v) is 10.5. The fourth-order valence-electron chi connectivity index (χ4n) is 4.07. The maximum Gasteiger partial charge on any atom is 0.387 e. The highest BCUT2D eigenvalue weighted by atomic mass is 19.3. The minimum atomic E-state index is -2.89. The Morgan fingerprint density at radius 2 is 2.09 bits per heavy atom. The molecule has 4 rings (SSSR count). The highest BCUT2D eigenvalue weighted by molar-refractivity contribution is 5.88. The lowest BCUT2D eigenvalue weighted by atomic mass is 10.1. The fourth-order valence-corrected chi connectivity index (χ4v) is 4.07. The first-order chi connectivity index (χ1) is 15.3. The van der Waals surface area contributed by atoms with E-state index in [9.17, 15) is 13.6 Å². The van der Waals surface area contributed by atoms with E-state index in [1.54, 1.807) is 23.4 Å². The molecule has 32 heavy (non-hydrogen) atoms. The number of nitrogens with zero attached hydrogens (tertiary/aromatic N) is 4. The molecule has 0 spiro atoms. The standard InChI is InChI=1S/C22H26F2N6O2/c1-13-9-18-19(27-13)25-12-26-20(18)29-7-8-30(14(2)11-29)22(31)28-15(3)16-5-4-6-17(10-16)32-21(23)24/h4-6,9-10,12,14-15,21H,7-8,11H2,1-3H3,(H,28,31)(H,25,26,27)/t14-,15+/m1/s1. The van der Waals surface area contributed by atoms with Gasteiger partial charge in [-0.1, -0.05) is 12.1 Å². The smallest absolute Gasteiger partial charge is 0.387 e. The fraction of sp³-hybridized carbons (Fsp3) is 0.409. The van der Waals surface area contributed by atoms with Gasteiger partial charge in [-0.3, -0.25) is 0 Å².